The lowest BCUT2D eigenvalue weighted by Gasteiger charge is -2.37. The molecule has 1 saturated heterocycles. The van der Waals surface area contributed by atoms with Crippen LogP contribution in [0.15, 0.2) is 58.1 Å². The molecule has 0 amide bonds. The number of aliphatic imine (C=N–C) groups is 1. The SMILES string of the molecule is CCNC(=NCc1nc(-c2ccco2)n[nH]1)NC1CCN(C(C)c2ccccc2)CC1. The Bertz CT molecular complexity index is 943. The highest BCUT2D eigenvalue weighted by atomic mass is 16.3. The molecule has 1 fully saturated rings. The molecule has 1 aromatic carbocycles. The predicted octanol–water partition coefficient (Wildman–Crippen LogP) is 3.35. The molecule has 0 spiro atoms. The molecule has 2 aromatic heterocycles. The van der Waals surface area contributed by atoms with Gasteiger partial charge in [-0.1, -0.05) is 30.3 Å². The monoisotopic (exact) mass is 421 g/mol. The van der Waals surface area contributed by atoms with Crippen LogP contribution in [0, 0.1) is 0 Å². The lowest BCUT2D eigenvalue weighted by Crippen LogP contribution is -2.49. The number of rotatable bonds is 7. The fourth-order valence-corrected chi connectivity index (χ4v) is 3.92. The Kier molecular flexibility index (Phi) is 6.99. The van der Waals surface area contributed by atoms with Crippen molar-refractivity contribution in [1.82, 2.24) is 30.7 Å². The first-order valence-corrected chi connectivity index (χ1v) is 11.0. The van der Waals surface area contributed by atoms with Gasteiger partial charge in [-0.05, 0) is 44.4 Å². The summed E-state index contributed by atoms with van der Waals surface area (Å²) in [5.41, 5.74) is 1.38. The third kappa shape index (κ3) is 5.52. The van der Waals surface area contributed by atoms with E-state index in [1.165, 1.54) is 5.56 Å². The van der Waals surface area contributed by atoms with Crippen molar-refractivity contribution in [1.29, 1.82) is 0 Å². The number of benzene rings is 1. The maximum Gasteiger partial charge on any atom is 0.216 e. The van der Waals surface area contributed by atoms with Gasteiger partial charge in [0.15, 0.2) is 11.7 Å². The number of likely N-dealkylation sites (tertiary alicyclic amines) is 1. The quantitative estimate of drug-likeness (QED) is 0.400. The van der Waals surface area contributed by atoms with E-state index < -0.39 is 0 Å². The number of guanidine groups is 1. The number of aromatic amines is 1. The van der Waals surface area contributed by atoms with Crippen molar-refractivity contribution in [3.05, 3.63) is 60.1 Å². The third-order valence-corrected chi connectivity index (χ3v) is 5.70. The normalized spacial score (nSPS) is 16.9. The Hall–Kier alpha value is -3.13. The van der Waals surface area contributed by atoms with E-state index in [4.69, 9.17) is 9.41 Å². The van der Waals surface area contributed by atoms with Crippen LogP contribution in [-0.2, 0) is 6.54 Å². The van der Waals surface area contributed by atoms with E-state index in [0.717, 1.165) is 38.4 Å². The van der Waals surface area contributed by atoms with Crippen LogP contribution in [0.1, 0.15) is 44.1 Å². The summed E-state index contributed by atoms with van der Waals surface area (Å²) in [6.07, 6.45) is 3.79. The van der Waals surface area contributed by atoms with Crippen molar-refractivity contribution in [3.63, 3.8) is 0 Å². The molecular formula is C23H31N7O. The second-order valence-corrected chi connectivity index (χ2v) is 7.82. The average Bonchev–Trinajstić information content (AvgIpc) is 3.50. The van der Waals surface area contributed by atoms with E-state index in [2.05, 4.69) is 74.9 Å². The standard InChI is InChI=1S/C23H31N7O/c1-3-24-23(25-16-21-27-22(29-28-21)20-10-7-15-31-20)26-19-11-13-30(14-12-19)17(2)18-8-5-4-6-9-18/h4-10,15,17,19H,3,11-14,16H2,1-2H3,(H2,24,25,26)(H,27,28,29). The Labute approximate surface area is 183 Å². The van der Waals surface area contributed by atoms with E-state index in [1.54, 1.807) is 6.26 Å². The van der Waals surface area contributed by atoms with Crippen molar-refractivity contribution in [2.24, 2.45) is 4.99 Å². The molecule has 3 N–H and O–H groups in total. The second kappa shape index (κ2) is 10.3. The summed E-state index contributed by atoms with van der Waals surface area (Å²) in [7, 11) is 0. The molecule has 8 nitrogen and oxygen atoms in total. The highest BCUT2D eigenvalue weighted by molar-refractivity contribution is 5.80. The molecule has 1 aliphatic rings. The van der Waals surface area contributed by atoms with Crippen LogP contribution in [-0.4, -0.2) is 51.7 Å². The number of nitrogens with one attached hydrogen (secondary N) is 3. The van der Waals surface area contributed by atoms with Crippen molar-refractivity contribution in [3.8, 4) is 11.6 Å². The number of piperidine rings is 1. The van der Waals surface area contributed by atoms with E-state index in [0.29, 0.717) is 36.0 Å². The number of aromatic nitrogens is 3. The maximum absolute atomic E-state index is 5.34. The van der Waals surface area contributed by atoms with Gasteiger partial charge in [-0.15, -0.1) is 5.10 Å². The lowest BCUT2D eigenvalue weighted by atomic mass is 10.0. The van der Waals surface area contributed by atoms with E-state index >= 15 is 0 Å². The summed E-state index contributed by atoms with van der Waals surface area (Å²) in [6.45, 7) is 7.74. The minimum absolute atomic E-state index is 0.408. The van der Waals surface area contributed by atoms with Gasteiger partial charge >= 0.3 is 0 Å². The molecule has 8 heteroatoms. The highest BCUT2D eigenvalue weighted by Gasteiger charge is 2.24. The topological polar surface area (TPSA) is 94.4 Å². The first-order valence-electron chi connectivity index (χ1n) is 11.0. The molecule has 1 aliphatic heterocycles. The summed E-state index contributed by atoms with van der Waals surface area (Å²) >= 11 is 0. The zero-order chi connectivity index (χ0) is 21.5. The fraction of sp³-hybridized carbons (Fsp3) is 0.435. The van der Waals surface area contributed by atoms with Gasteiger partial charge in [-0.3, -0.25) is 10.00 Å². The second-order valence-electron chi connectivity index (χ2n) is 7.82. The van der Waals surface area contributed by atoms with E-state index in [9.17, 15) is 0 Å². The van der Waals surface area contributed by atoms with Gasteiger partial charge in [0.1, 0.15) is 12.4 Å². The van der Waals surface area contributed by atoms with Crippen LogP contribution in [0.4, 0.5) is 0 Å². The van der Waals surface area contributed by atoms with E-state index in [-0.39, 0.29) is 0 Å². The van der Waals surface area contributed by atoms with Crippen molar-refractivity contribution in [2.75, 3.05) is 19.6 Å². The summed E-state index contributed by atoms with van der Waals surface area (Å²) < 4.78 is 5.34. The molecule has 1 unspecified atom stereocenters. The third-order valence-electron chi connectivity index (χ3n) is 5.70. The van der Waals surface area contributed by atoms with E-state index in [1.807, 2.05) is 12.1 Å². The Morgan fingerprint density at radius 2 is 2.03 bits per heavy atom. The zero-order valence-corrected chi connectivity index (χ0v) is 18.2. The number of hydrogen-bond acceptors (Lipinski definition) is 5. The molecular weight excluding hydrogens is 390 g/mol. The minimum atomic E-state index is 0.408. The highest BCUT2D eigenvalue weighted by Crippen LogP contribution is 2.24. The molecule has 0 saturated carbocycles. The Balaban J connectivity index is 1.30. The van der Waals surface area contributed by atoms with Crippen LogP contribution in [0.3, 0.4) is 0 Å². The minimum Gasteiger partial charge on any atom is -0.461 e. The first kappa shape index (κ1) is 21.1. The maximum atomic E-state index is 5.34. The van der Waals surface area contributed by atoms with Crippen molar-refractivity contribution < 1.29 is 4.42 Å². The molecule has 3 aromatic rings. The molecule has 0 radical (unpaired) electrons. The van der Waals surface area contributed by atoms with Crippen LogP contribution in [0.25, 0.3) is 11.6 Å². The molecule has 1 atom stereocenters. The summed E-state index contributed by atoms with van der Waals surface area (Å²) in [6, 6.07) is 15.2. The molecule has 3 heterocycles. The van der Waals surface area contributed by atoms with Gasteiger partial charge in [-0.2, -0.15) is 0 Å². The number of H-pyrrole nitrogens is 1. The van der Waals surface area contributed by atoms with Crippen molar-refractivity contribution >= 4 is 5.96 Å². The molecule has 0 aliphatic carbocycles. The summed E-state index contributed by atoms with van der Waals surface area (Å²) in [5, 5.41) is 14.1. The number of furan rings is 1. The Morgan fingerprint density at radius 1 is 1.23 bits per heavy atom. The van der Waals surface area contributed by atoms with Gasteiger partial charge in [0.05, 0.1) is 6.26 Å². The first-order chi connectivity index (χ1) is 15.2. The predicted molar refractivity (Wildman–Crippen MR) is 121 cm³/mol. The number of hydrogen-bond donors (Lipinski definition) is 3. The Morgan fingerprint density at radius 3 is 2.74 bits per heavy atom. The lowest BCUT2D eigenvalue weighted by molar-refractivity contribution is 0.158. The summed E-state index contributed by atoms with van der Waals surface area (Å²) in [4.78, 5) is 11.7. The average molecular weight is 422 g/mol. The fourth-order valence-electron chi connectivity index (χ4n) is 3.92. The van der Waals surface area contributed by atoms with Crippen LogP contribution in [0.5, 0.6) is 0 Å². The molecule has 0 bridgehead atoms. The van der Waals surface area contributed by atoms with Gasteiger partial charge in [0.2, 0.25) is 5.82 Å². The number of nitrogens with zero attached hydrogens (tertiary/aromatic N) is 4. The van der Waals surface area contributed by atoms with Crippen molar-refractivity contribution in [2.45, 2.75) is 45.3 Å². The summed E-state index contributed by atoms with van der Waals surface area (Å²) in [5.74, 6) is 2.71. The van der Waals surface area contributed by atoms with Gasteiger partial charge < -0.3 is 15.1 Å². The van der Waals surface area contributed by atoms with Crippen LogP contribution in [0.2, 0.25) is 0 Å². The van der Waals surface area contributed by atoms with Crippen LogP contribution < -0.4 is 10.6 Å². The largest absolute Gasteiger partial charge is 0.461 e. The van der Waals surface area contributed by atoms with Crippen LogP contribution >= 0.6 is 0 Å². The van der Waals surface area contributed by atoms with Gasteiger partial charge in [0, 0.05) is 31.7 Å². The van der Waals surface area contributed by atoms with Gasteiger partial charge in [-0.25, -0.2) is 9.98 Å². The molecule has 4 rings (SSSR count). The smallest absolute Gasteiger partial charge is 0.216 e. The molecule has 164 valence electrons. The zero-order valence-electron chi connectivity index (χ0n) is 18.2. The van der Waals surface area contributed by atoms with Gasteiger partial charge in [0.25, 0.3) is 0 Å². The molecule has 31 heavy (non-hydrogen) atoms.